The molecule has 1 aliphatic heterocycles. The number of carbonyl (C=O) groups is 3. The van der Waals surface area contributed by atoms with Gasteiger partial charge < -0.3 is 9.30 Å². The zero-order valence-electron chi connectivity index (χ0n) is 15.3. The molecular formula is C18H19N3O6S. The van der Waals surface area contributed by atoms with Gasteiger partial charge in [-0.1, -0.05) is 12.1 Å². The Hall–Kier alpha value is -2.98. The Morgan fingerprint density at radius 2 is 1.75 bits per heavy atom. The maximum absolute atomic E-state index is 12.3. The van der Waals surface area contributed by atoms with E-state index in [0.717, 1.165) is 4.90 Å². The van der Waals surface area contributed by atoms with Gasteiger partial charge in [0, 0.05) is 19.8 Å². The van der Waals surface area contributed by atoms with Crippen molar-refractivity contribution in [3.8, 4) is 0 Å². The van der Waals surface area contributed by atoms with E-state index in [-0.39, 0.29) is 42.0 Å². The van der Waals surface area contributed by atoms with Gasteiger partial charge in [0.15, 0.2) is 0 Å². The van der Waals surface area contributed by atoms with E-state index in [0.29, 0.717) is 11.1 Å². The lowest BCUT2D eigenvalue weighted by atomic mass is 10.1. The Kier molecular flexibility index (Phi) is 5.34. The molecule has 2 aromatic rings. The van der Waals surface area contributed by atoms with E-state index in [2.05, 4.69) is 4.72 Å². The molecule has 10 heteroatoms. The summed E-state index contributed by atoms with van der Waals surface area (Å²) in [6.45, 7) is 0.0949. The van der Waals surface area contributed by atoms with Gasteiger partial charge in [-0.05, 0) is 31.7 Å². The molecule has 148 valence electrons. The van der Waals surface area contributed by atoms with Crippen molar-refractivity contribution < 1.29 is 27.5 Å². The molecule has 2 heterocycles. The van der Waals surface area contributed by atoms with Crippen LogP contribution in [0.3, 0.4) is 0 Å². The van der Waals surface area contributed by atoms with Crippen molar-refractivity contribution in [3.05, 3.63) is 53.3 Å². The number of nitrogens with zero attached hydrogens (tertiary/aromatic N) is 2. The minimum absolute atomic E-state index is 0.0223. The second kappa shape index (κ2) is 7.56. The molecule has 0 bridgehead atoms. The molecule has 0 aliphatic carbocycles. The van der Waals surface area contributed by atoms with Crippen LogP contribution in [0.4, 0.5) is 0 Å². The van der Waals surface area contributed by atoms with Crippen molar-refractivity contribution in [3.63, 3.8) is 0 Å². The van der Waals surface area contributed by atoms with E-state index in [9.17, 15) is 22.8 Å². The highest BCUT2D eigenvalue weighted by Gasteiger charge is 2.34. The van der Waals surface area contributed by atoms with Gasteiger partial charge in [0.2, 0.25) is 10.0 Å². The van der Waals surface area contributed by atoms with Crippen molar-refractivity contribution in [1.29, 1.82) is 0 Å². The Labute approximate surface area is 161 Å². The highest BCUT2D eigenvalue weighted by molar-refractivity contribution is 7.89. The van der Waals surface area contributed by atoms with E-state index in [1.165, 1.54) is 30.9 Å². The van der Waals surface area contributed by atoms with Crippen molar-refractivity contribution in [1.82, 2.24) is 14.2 Å². The standard InChI is InChI=1S/C18H19N3O6S/c1-19-28(25,26)12-10-15(20(2)11-12)18(24)27-9-5-8-21-16(22)13-6-3-4-7-14(13)17(21)23/h3-4,6-7,10-11,19H,5,8-9H2,1-2H3. The molecule has 1 aromatic heterocycles. The number of aryl methyl sites for hydroxylation is 1. The molecule has 9 nitrogen and oxygen atoms in total. The van der Waals surface area contributed by atoms with E-state index in [1.807, 2.05) is 0 Å². The van der Waals surface area contributed by atoms with E-state index in [1.54, 1.807) is 24.3 Å². The summed E-state index contributed by atoms with van der Waals surface area (Å²) in [6, 6.07) is 7.80. The zero-order chi connectivity index (χ0) is 20.5. The number of esters is 1. The van der Waals surface area contributed by atoms with Crippen LogP contribution in [-0.4, -0.2) is 55.9 Å². The van der Waals surface area contributed by atoms with Gasteiger partial charge >= 0.3 is 5.97 Å². The third-order valence-electron chi connectivity index (χ3n) is 4.41. The Bertz CT molecular complexity index is 1020. The summed E-state index contributed by atoms with van der Waals surface area (Å²) >= 11 is 0. The normalized spacial score (nSPS) is 13.7. The van der Waals surface area contributed by atoms with Gasteiger partial charge in [0.05, 0.1) is 17.7 Å². The predicted molar refractivity (Wildman–Crippen MR) is 98.4 cm³/mol. The maximum atomic E-state index is 12.3. The lowest BCUT2D eigenvalue weighted by molar-refractivity contribution is 0.0472. The fourth-order valence-electron chi connectivity index (χ4n) is 2.91. The first-order chi connectivity index (χ1) is 13.3. The number of carbonyl (C=O) groups excluding carboxylic acids is 3. The van der Waals surface area contributed by atoms with Crippen LogP contribution in [-0.2, 0) is 21.8 Å². The molecule has 3 rings (SSSR count). The summed E-state index contributed by atoms with van der Waals surface area (Å²) in [4.78, 5) is 37.8. The fourth-order valence-corrected chi connectivity index (χ4v) is 3.71. The summed E-state index contributed by atoms with van der Waals surface area (Å²) in [5.74, 6) is -1.42. The molecule has 0 spiro atoms. The quantitative estimate of drug-likeness (QED) is 0.414. The van der Waals surface area contributed by atoms with Crippen LogP contribution in [0, 0.1) is 0 Å². The molecule has 0 radical (unpaired) electrons. The number of amides is 2. The topological polar surface area (TPSA) is 115 Å². The first-order valence-electron chi connectivity index (χ1n) is 8.48. The number of hydrogen-bond acceptors (Lipinski definition) is 6. The maximum Gasteiger partial charge on any atom is 0.354 e. The summed E-state index contributed by atoms with van der Waals surface area (Å²) < 4.78 is 32.3. The third-order valence-corrected chi connectivity index (χ3v) is 5.79. The van der Waals surface area contributed by atoms with Crippen molar-refractivity contribution >= 4 is 27.8 Å². The number of nitrogens with one attached hydrogen (secondary N) is 1. The highest BCUT2D eigenvalue weighted by atomic mass is 32.2. The third kappa shape index (κ3) is 3.56. The molecule has 0 unspecified atom stereocenters. The Morgan fingerprint density at radius 1 is 1.14 bits per heavy atom. The van der Waals surface area contributed by atoms with Crippen molar-refractivity contribution in [2.24, 2.45) is 7.05 Å². The van der Waals surface area contributed by atoms with Crippen LogP contribution in [0.15, 0.2) is 41.4 Å². The molecule has 1 aromatic carbocycles. The van der Waals surface area contributed by atoms with E-state index < -0.39 is 16.0 Å². The van der Waals surface area contributed by atoms with Gasteiger partial charge in [-0.25, -0.2) is 17.9 Å². The van der Waals surface area contributed by atoms with Crippen LogP contribution in [0.5, 0.6) is 0 Å². The van der Waals surface area contributed by atoms with Crippen molar-refractivity contribution in [2.45, 2.75) is 11.3 Å². The summed E-state index contributed by atoms with van der Waals surface area (Å²) in [5, 5.41) is 0. The number of fused-ring (bicyclic) bond motifs is 1. The second-order valence-corrected chi connectivity index (χ2v) is 8.06. The number of ether oxygens (including phenoxy) is 1. The van der Waals surface area contributed by atoms with E-state index >= 15 is 0 Å². The zero-order valence-corrected chi connectivity index (χ0v) is 16.2. The molecular weight excluding hydrogens is 386 g/mol. The average molecular weight is 405 g/mol. The van der Waals surface area contributed by atoms with Gasteiger partial charge in [0.25, 0.3) is 11.8 Å². The molecule has 1 aliphatic rings. The summed E-state index contributed by atoms with van der Waals surface area (Å²) in [7, 11) is -0.859. The van der Waals surface area contributed by atoms with Gasteiger partial charge in [-0.2, -0.15) is 0 Å². The van der Waals surface area contributed by atoms with Crippen LogP contribution in [0.1, 0.15) is 37.6 Å². The first-order valence-corrected chi connectivity index (χ1v) is 9.97. The number of hydrogen-bond donors (Lipinski definition) is 1. The van der Waals surface area contributed by atoms with Gasteiger partial charge in [0.1, 0.15) is 10.6 Å². The lowest BCUT2D eigenvalue weighted by Gasteiger charge is -2.13. The molecule has 0 fully saturated rings. The monoisotopic (exact) mass is 405 g/mol. The molecule has 0 saturated carbocycles. The second-order valence-electron chi connectivity index (χ2n) is 6.18. The fraction of sp³-hybridized carbons (Fsp3) is 0.278. The number of benzene rings is 1. The highest BCUT2D eigenvalue weighted by Crippen LogP contribution is 2.22. The minimum atomic E-state index is -3.67. The summed E-state index contributed by atoms with van der Waals surface area (Å²) in [5.41, 5.74) is 0.813. The summed E-state index contributed by atoms with van der Waals surface area (Å²) in [6.07, 6.45) is 1.57. The molecule has 28 heavy (non-hydrogen) atoms. The number of sulfonamides is 1. The molecule has 0 saturated heterocycles. The SMILES string of the molecule is CNS(=O)(=O)c1cc(C(=O)OCCCN2C(=O)c3ccccc3C2=O)n(C)c1. The van der Waals surface area contributed by atoms with Crippen LogP contribution >= 0.6 is 0 Å². The molecule has 0 atom stereocenters. The number of aromatic nitrogens is 1. The van der Waals surface area contributed by atoms with Crippen molar-refractivity contribution in [2.75, 3.05) is 20.2 Å². The largest absolute Gasteiger partial charge is 0.461 e. The van der Waals surface area contributed by atoms with Crippen LogP contribution < -0.4 is 4.72 Å². The number of imide groups is 1. The Morgan fingerprint density at radius 3 is 2.32 bits per heavy atom. The first kappa shape index (κ1) is 19.8. The van der Waals surface area contributed by atoms with Crippen LogP contribution in [0.2, 0.25) is 0 Å². The van der Waals surface area contributed by atoms with Crippen LogP contribution in [0.25, 0.3) is 0 Å². The lowest BCUT2D eigenvalue weighted by Crippen LogP contribution is -2.31. The number of rotatable bonds is 7. The average Bonchev–Trinajstić information content (AvgIpc) is 3.19. The van der Waals surface area contributed by atoms with E-state index in [4.69, 9.17) is 4.74 Å². The Balaban J connectivity index is 1.56. The molecule has 2 amide bonds. The predicted octanol–water partition coefficient (Wildman–Crippen LogP) is 0.776. The smallest absolute Gasteiger partial charge is 0.354 e. The molecule has 1 N–H and O–H groups in total. The van der Waals surface area contributed by atoms with Gasteiger partial charge in [-0.3, -0.25) is 14.5 Å². The van der Waals surface area contributed by atoms with Gasteiger partial charge in [-0.15, -0.1) is 0 Å². The minimum Gasteiger partial charge on any atom is -0.461 e.